The fraction of sp³-hybridized carbons (Fsp3) is 0.444. The number of halogens is 1. The lowest BCUT2D eigenvalue weighted by molar-refractivity contribution is 0.265. The van der Waals surface area contributed by atoms with Gasteiger partial charge < -0.3 is 14.8 Å². The minimum absolute atomic E-state index is 0.187. The molecule has 1 rings (SSSR count). The Bertz CT molecular complexity index is 441. The van der Waals surface area contributed by atoms with Crippen LogP contribution in [0.25, 0.3) is 0 Å². The third-order valence-electron chi connectivity index (χ3n) is 1.88. The Balaban J connectivity index is 2.86. The van der Waals surface area contributed by atoms with Gasteiger partial charge in [-0.25, -0.2) is 9.97 Å². The van der Waals surface area contributed by atoms with E-state index in [1.54, 1.807) is 0 Å². The highest BCUT2D eigenvalue weighted by atomic mass is 35.5. The van der Waals surface area contributed by atoms with Crippen molar-refractivity contribution in [1.82, 2.24) is 9.97 Å². The molecular formula is C9H13ClN3O3P. The zero-order valence-electron chi connectivity index (χ0n) is 9.23. The average molecular weight is 278 g/mol. The van der Waals surface area contributed by atoms with Gasteiger partial charge in [0, 0.05) is 6.07 Å². The minimum Gasteiger partial charge on any atom is -0.326 e. The lowest BCUT2D eigenvalue weighted by Gasteiger charge is -2.05. The molecule has 0 spiro atoms. The standard InChI is InChI=1S/C9H13ClN3O3P/c1-2-3-6(11)7-4-8(10)13-9(12-7)5-16-17(14)15/h4,11,17H,2-3,5H2,1H3,(H,14,15). The topological polar surface area (TPSA) is 96.2 Å². The van der Waals surface area contributed by atoms with Gasteiger partial charge in [-0.3, -0.25) is 4.57 Å². The predicted molar refractivity (Wildman–Crippen MR) is 64.8 cm³/mol. The maximum Gasteiger partial charge on any atom is 0.317 e. The van der Waals surface area contributed by atoms with Crippen molar-refractivity contribution < 1.29 is 14.0 Å². The molecule has 6 nitrogen and oxygen atoms in total. The largest absolute Gasteiger partial charge is 0.326 e. The van der Waals surface area contributed by atoms with E-state index in [9.17, 15) is 4.57 Å². The second kappa shape index (κ2) is 6.81. The predicted octanol–water partition coefficient (Wildman–Crippen LogP) is 2.20. The van der Waals surface area contributed by atoms with Gasteiger partial charge in [-0.2, -0.15) is 0 Å². The summed E-state index contributed by atoms with van der Waals surface area (Å²) in [5, 5.41) is 7.93. The van der Waals surface area contributed by atoms with E-state index in [0.717, 1.165) is 6.42 Å². The molecule has 0 bridgehead atoms. The van der Waals surface area contributed by atoms with Crippen molar-refractivity contribution in [2.45, 2.75) is 26.4 Å². The number of hydrogen-bond acceptors (Lipinski definition) is 5. The van der Waals surface area contributed by atoms with Crippen LogP contribution in [0.1, 0.15) is 31.3 Å². The Morgan fingerprint density at radius 2 is 2.35 bits per heavy atom. The molecule has 0 radical (unpaired) electrons. The second-order valence-corrected chi connectivity index (χ2v) is 4.48. The summed E-state index contributed by atoms with van der Waals surface area (Å²) in [4.78, 5) is 16.4. The van der Waals surface area contributed by atoms with E-state index in [1.807, 2.05) is 6.92 Å². The van der Waals surface area contributed by atoms with Crippen LogP contribution in [-0.4, -0.2) is 20.6 Å². The summed E-state index contributed by atoms with van der Waals surface area (Å²) >= 11 is 5.77. The molecule has 0 aliphatic rings. The summed E-state index contributed by atoms with van der Waals surface area (Å²) in [5.74, 6) is 0.195. The highest BCUT2D eigenvalue weighted by Crippen LogP contribution is 2.18. The number of nitrogens with one attached hydrogen (secondary N) is 1. The van der Waals surface area contributed by atoms with Crippen molar-refractivity contribution in [2.75, 3.05) is 0 Å². The molecule has 94 valence electrons. The first-order valence-electron chi connectivity index (χ1n) is 5.00. The summed E-state index contributed by atoms with van der Waals surface area (Å²) in [6.07, 6.45) is 1.42. The van der Waals surface area contributed by atoms with Crippen LogP contribution in [0.5, 0.6) is 0 Å². The Labute approximate surface area is 104 Å². The van der Waals surface area contributed by atoms with Gasteiger partial charge in [-0.1, -0.05) is 24.9 Å². The van der Waals surface area contributed by atoms with Crippen LogP contribution in [0.3, 0.4) is 0 Å². The Kier molecular flexibility index (Phi) is 5.71. The molecule has 0 aliphatic carbocycles. The van der Waals surface area contributed by atoms with Gasteiger partial charge in [0.05, 0.1) is 11.4 Å². The van der Waals surface area contributed by atoms with Gasteiger partial charge in [0.2, 0.25) is 0 Å². The average Bonchev–Trinajstić information content (AvgIpc) is 2.26. The van der Waals surface area contributed by atoms with E-state index < -0.39 is 8.25 Å². The summed E-state index contributed by atoms with van der Waals surface area (Å²) in [6.45, 7) is 1.76. The van der Waals surface area contributed by atoms with Gasteiger partial charge in [-0.05, 0) is 6.42 Å². The number of rotatable bonds is 6. The maximum absolute atomic E-state index is 10.4. The summed E-state index contributed by atoms with van der Waals surface area (Å²) in [7, 11) is -3.01. The Morgan fingerprint density at radius 3 is 2.94 bits per heavy atom. The van der Waals surface area contributed by atoms with Gasteiger partial charge in [-0.15, -0.1) is 0 Å². The second-order valence-electron chi connectivity index (χ2n) is 3.28. The van der Waals surface area contributed by atoms with Crippen molar-refractivity contribution in [3.05, 3.63) is 22.7 Å². The quantitative estimate of drug-likeness (QED) is 0.472. The Morgan fingerprint density at radius 1 is 1.65 bits per heavy atom. The van der Waals surface area contributed by atoms with Crippen LogP contribution in [-0.2, 0) is 15.7 Å². The molecule has 0 fully saturated rings. The molecule has 0 saturated heterocycles. The number of nitrogens with zero attached hydrogens (tertiary/aromatic N) is 2. The highest BCUT2D eigenvalue weighted by molar-refractivity contribution is 7.32. The SMILES string of the molecule is CCCC(=N)c1cc(Cl)nc(CO[PH](=O)O)n1. The maximum atomic E-state index is 10.4. The monoisotopic (exact) mass is 277 g/mol. The summed E-state index contributed by atoms with van der Waals surface area (Å²) < 4.78 is 14.9. The highest BCUT2D eigenvalue weighted by Gasteiger charge is 2.08. The van der Waals surface area contributed by atoms with E-state index in [0.29, 0.717) is 17.8 Å². The molecular weight excluding hydrogens is 265 g/mol. The lowest BCUT2D eigenvalue weighted by Crippen LogP contribution is -2.06. The first-order valence-corrected chi connectivity index (χ1v) is 6.64. The van der Waals surface area contributed by atoms with Crippen LogP contribution < -0.4 is 0 Å². The minimum atomic E-state index is -3.01. The smallest absolute Gasteiger partial charge is 0.317 e. The lowest BCUT2D eigenvalue weighted by atomic mass is 10.1. The normalized spacial score (nSPS) is 12.4. The molecule has 0 saturated carbocycles. The fourth-order valence-corrected chi connectivity index (χ4v) is 1.64. The third kappa shape index (κ3) is 4.91. The van der Waals surface area contributed by atoms with Crippen molar-refractivity contribution >= 4 is 25.6 Å². The zero-order valence-corrected chi connectivity index (χ0v) is 11.0. The van der Waals surface area contributed by atoms with E-state index >= 15 is 0 Å². The van der Waals surface area contributed by atoms with E-state index in [4.69, 9.17) is 21.9 Å². The molecule has 2 N–H and O–H groups in total. The fourth-order valence-electron chi connectivity index (χ4n) is 1.19. The van der Waals surface area contributed by atoms with Crippen LogP contribution in [0.4, 0.5) is 0 Å². The van der Waals surface area contributed by atoms with Crippen molar-refractivity contribution in [1.29, 1.82) is 5.41 Å². The molecule has 0 aliphatic heterocycles. The van der Waals surface area contributed by atoms with Gasteiger partial charge in [0.25, 0.3) is 0 Å². The van der Waals surface area contributed by atoms with Crippen molar-refractivity contribution in [2.24, 2.45) is 0 Å². The van der Waals surface area contributed by atoms with E-state index in [1.165, 1.54) is 6.07 Å². The van der Waals surface area contributed by atoms with Gasteiger partial charge >= 0.3 is 8.25 Å². The van der Waals surface area contributed by atoms with Crippen LogP contribution >= 0.6 is 19.9 Å². The zero-order chi connectivity index (χ0) is 12.8. The number of hydrogen-bond donors (Lipinski definition) is 2. The van der Waals surface area contributed by atoms with Crippen molar-refractivity contribution in [3.63, 3.8) is 0 Å². The first-order chi connectivity index (χ1) is 8.02. The molecule has 1 atom stereocenters. The number of aromatic nitrogens is 2. The van der Waals surface area contributed by atoms with Gasteiger partial charge in [0.1, 0.15) is 11.8 Å². The molecule has 8 heteroatoms. The molecule has 0 amide bonds. The molecule has 1 heterocycles. The van der Waals surface area contributed by atoms with E-state index in [2.05, 4.69) is 14.5 Å². The Hall–Kier alpha value is -0.810. The molecule has 0 aromatic carbocycles. The van der Waals surface area contributed by atoms with Crippen LogP contribution in [0, 0.1) is 5.41 Å². The molecule has 1 unspecified atom stereocenters. The summed E-state index contributed by atoms with van der Waals surface area (Å²) in [6, 6.07) is 1.49. The molecule has 1 aromatic rings. The third-order valence-corrected chi connectivity index (χ3v) is 2.46. The van der Waals surface area contributed by atoms with Crippen LogP contribution in [0.2, 0.25) is 5.15 Å². The van der Waals surface area contributed by atoms with Gasteiger partial charge in [0.15, 0.2) is 5.82 Å². The molecule has 1 aromatic heterocycles. The summed E-state index contributed by atoms with van der Waals surface area (Å²) in [5.41, 5.74) is 0.776. The van der Waals surface area contributed by atoms with E-state index in [-0.39, 0.29) is 17.6 Å². The molecule has 17 heavy (non-hydrogen) atoms. The van der Waals surface area contributed by atoms with Crippen molar-refractivity contribution in [3.8, 4) is 0 Å². The van der Waals surface area contributed by atoms with Crippen LogP contribution in [0.15, 0.2) is 6.07 Å². The first kappa shape index (κ1) is 14.3.